The molecule has 0 aromatic heterocycles. The van der Waals surface area contributed by atoms with Crippen molar-refractivity contribution < 1.29 is 4.39 Å². The first-order chi connectivity index (χ1) is 6.10. The van der Waals surface area contributed by atoms with Gasteiger partial charge in [0.25, 0.3) is 0 Å². The quantitative estimate of drug-likeness (QED) is 0.740. The minimum absolute atomic E-state index is 0.306. The van der Waals surface area contributed by atoms with Gasteiger partial charge in [-0.15, -0.1) is 0 Å². The first kappa shape index (κ1) is 8.97. The summed E-state index contributed by atoms with van der Waals surface area (Å²) < 4.78 is 13.0. The van der Waals surface area contributed by atoms with Gasteiger partial charge in [-0.2, -0.15) is 0 Å². The van der Waals surface area contributed by atoms with Gasteiger partial charge in [0.1, 0.15) is 5.82 Å². The molecular weight excluding hydrogens is 189 g/mol. The molecule has 1 aliphatic carbocycles. The first-order valence-corrected chi connectivity index (χ1v) is 4.73. The highest BCUT2D eigenvalue weighted by molar-refractivity contribution is 6.30. The van der Waals surface area contributed by atoms with Crippen molar-refractivity contribution in [2.45, 2.75) is 24.8 Å². The average molecular weight is 200 g/mol. The Bertz CT molecular complexity index is 313. The third-order valence-electron chi connectivity index (χ3n) is 2.68. The lowest BCUT2D eigenvalue weighted by Gasteiger charge is -2.38. The maximum atomic E-state index is 13.0. The number of hydrogen-bond acceptors (Lipinski definition) is 1. The van der Waals surface area contributed by atoms with Gasteiger partial charge in [-0.05, 0) is 43.0 Å². The Morgan fingerprint density at radius 3 is 2.46 bits per heavy atom. The molecule has 2 rings (SSSR count). The van der Waals surface area contributed by atoms with Gasteiger partial charge in [-0.25, -0.2) is 4.39 Å². The molecule has 2 N–H and O–H groups in total. The largest absolute Gasteiger partial charge is 0.321 e. The summed E-state index contributed by atoms with van der Waals surface area (Å²) in [5.41, 5.74) is 6.53. The van der Waals surface area contributed by atoms with Gasteiger partial charge in [0.15, 0.2) is 0 Å². The molecule has 0 saturated heterocycles. The maximum absolute atomic E-state index is 13.0. The molecule has 0 bridgehead atoms. The third kappa shape index (κ3) is 1.56. The second kappa shape index (κ2) is 2.96. The van der Waals surface area contributed by atoms with Gasteiger partial charge in [0, 0.05) is 10.6 Å². The van der Waals surface area contributed by atoms with Crippen LogP contribution >= 0.6 is 11.6 Å². The van der Waals surface area contributed by atoms with Crippen LogP contribution in [-0.4, -0.2) is 0 Å². The van der Waals surface area contributed by atoms with Crippen LogP contribution < -0.4 is 5.73 Å². The summed E-state index contributed by atoms with van der Waals surface area (Å²) in [5.74, 6) is -0.306. The van der Waals surface area contributed by atoms with Gasteiger partial charge in [-0.1, -0.05) is 11.6 Å². The number of benzene rings is 1. The lowest BCUT2D eigenvalue weighted by molar-refractivity contribution is 0.253. The molecule has 0 radical (unpaired) electrons. The van der Waals surface area contributed by atoms with Crippen LogP contribution in [0.15, 0.2) is 18.2 Å². The minimum Gasteiger partial charge on any atom is -0.321 e. The van der Waals surface area contributed by atoms with Crippen LogP contribution in [0.1, 0.15) is 24.8 Å². The molecule has 13 heavy (non-hydrogen) atoms. The SMILES string of the molecule is NC1(c2cc(F)cc(Cl)c2)CCC1. The zero-order valence-electron chi connectivity index (χ0n) is 7.19. The fraction of sp³-hybridized carbons (Fsp3) is 0.400. The number of halogens is 2. The van der Waals surface area contributed by atoms with E-state index in [0.29, 0.717) is 5.02 Å². The standard InChI is InChI=1S/C10H11ClFN/c11-8-4-7(5-9(12)6-8)10(13)2-1-3-10/h4-6H,1-3,13H2. The lowest BCUT2D eigenvalue weighted by Crippen LogP contribution is -2.43. The number of rotatable bonds is 1. The third-order valence-corrected chi connectivity index (χ3v) is 2.90. The monoisotopic (exact) mass is 199 g/mol. The van der Waals surface area contributed by atoms with E-state index < -0.39 is 0 Å². The Labute approximate surface area is 81.7 Å². The van der Waals surface area contributed by atoms with Crippen molar-refractivity contribution in [3.63, 3.8) is 0 Å². The first-order valence-electron chi connectivity index (χ1n) is 4.36. The Balaban J connectivity index is 2.39. The predicted molar refractivity (Wildman–Crippen MR) is 51.1 cm³/mol. The fourth-order valence-electron chi connectivity index (χ4n) is 1.69. The molecule has 3 heteroatoms. The summed E-state index contributed by atoms with van der Waals surface area (Å²) in [6.07, 6.45) is 2.96. The van der Waals surface area contributed by atoms with Crippen LogP contribution in [0.3, 0.4) is 0 Å². The van der Waals surface area contributed by atoms with E-state index in [0.717, 1.165) is 24.8 Å². The molecule has 1 aromatic carbocycles. The average Bonchev–Trinajstić information content (AvgIpc) is 1.98. The molecule has 0 aliphatic heterocycles. The Kier molecular flexibility index (Phi) is 2.05. The van der Waals surface area contributed by atoms with Crippen molar-refractivity contribution in [2.75, 3.05) is 0 Å². The van der Waals surface area contributed by atoms with Crippen LogP contribution in [0.4, 0.5) is 4.39 Å². The van der Waals surface area contributed by atoms with E-state index >= 15 is 0 Å². The highest BCUT2D eigenvalue weighted by Gasteiger charge is 2.34. The molecule has 0 atom stereocenters. The van der Waals surface area contributed by atoms with E-state index in [1.165, 1.54) is 12.1 Å². The van der Waals surface area contributed by atoms with Crippen LogP contribution in [-0.2, 0) is 5.54 Å². The van der Waals surface area contributed by atoms with E-state index in [9.17, 15) is 4.39 Å². The summed E-state index contributed by atoms with van der Waals surface area (Å²) in [4.78, 5) is 0. The zero-order chi connectivity index (χ0) is 9.47. The lowest BCUT2D eigenvalue weighted by atomic mass is 9.73. The van der Waals surface area contributed by atoms with Crippen molar-refractivity contribution in [1.82, 2.24) is 0 Å². The van der Waals surface area contributed by atoms with Gasteiger partial charge in [-0.3, -0.25) is 0 Å². The van der Waals surface area contributed by atoms with Crippen LogP contribution in [0.2, 0.25) is 5.02 Å². The highest BCUT2D eigenvalue weighted by atomic mass is 35.5. The van der Waals surface area contributed by atoms with Crippen molar-refractivity contribution in [3.05, 3.63) is 34.6 Å². The van der Waals surface area contributed by atoms with Gasteiger partial charge in [0.2, 0.25) is 0 Å². The molecule has 1 aliphatic rings. The van der Waals surface area contributed by atoms with Crippen molar-refractivity contribution in [1.29, 1.82) is 0 Å². The van der Waals surface area contributed by atoms with Crippen LogP contribution in [0.25, 0.3) is 0 Å². The second-order valence-electron chi connectivity index (χ2n) is 3.67. The number of nitrogens with two attached hydrogens (primary N) is 1. The normalized spacial score (nSPS) is 19.6. The van der Waals surface area contributed by atoms with Gasteiger partial charge in [0.05, 0.1) is 0 Å². The Morgan fingerprint density at radius 1 is 1.31 bits per heavy atom. The fourth-order valence-corrected chi connectivity index (χ4v) is 1.91. The Hall–Kier alpha value is -0.600. The maximum Gasteiger partial charge on any atom is 0.125 e. The molecule has 0 amide bonds. The van der Waals surface area contributed by atoms with E-state index in [-0.39, 0.29) is 11.4 Å². The smallest absolute Gasteiger partial charge is 0.125 e. The topological polar surface area (TPSA) is 26.0 Å². The molecule has 70 valence electrons. The second-order valence-corrected chi connectivity index (χ2v) is 4.10. The minimum atomic E-state index is -0.328. The molecule has 1 aromatic rings. The van der Waals surface area contributed by atoms with Gasteiger partial charge < -0.3 is 5.73 Å². The molecule has 1 nitrogen and oxygen atoms in total. The predicted octanol–water partition coefficient (Wildman–Crippen LogP) is 2.82. The molecule has 1 fully saturated rings. The van der Waals surface area contributed by atoms with Gasteiger partial charge >= 0.3 is 0 Å². The number of hydrogen-bond donors (Lipinski definition) is 1. The van der Waals surface area contributed by atoms with E-state index in [1.807, 2.05) is 0 Å². The zero-order valence-corrected chi connectivity index (χ0v) is 7.94. The molecule has 0 spiro atoms. The molecule has 0 unspecified atom stereocenters. The highest BCUT2D eigenvalue weighted by Crippen LogP contribution is 2.39. The summed E-state index contributed by atoms with van der Waals surface area (Å²) in [6, 6.07) is 4.53. The van der Waals surface area contributed by atoms with E-state index in [2.05, 4.69) is 0 Å². The molecule has 0 heterocycles. The van der Waals surface area contributed by atoms with Crippen molar-refractivity contribution in [3.8, 4) is 0 Å². The van der Waals surface area contributed by atoms with Crippen molar-refractivity contribution in [2.24, 2.45) is 5.73 Å². The Morgan fingerprint density at radius 2 is 2.00 bits per heavy atom. The van der Waals surface area contributed by atoms with E-state index in [4.69, 9.17) is 17.3 Å². The van der Waals surface area contributed by atoms with Crippen LogP contribution in [0, 0.1) is 5.82 Å². The molecular formula is C10H11ClFN. The van der Waals surface area contributed by atoms with Crippen molar-refractivity contribution >= 4 is 11.6 Å². The van der Waals surface area contributed by atoms with Crippen LogP contribution in [0.5, 0.6) is 0 Å². The molecule has 1 saturated carbocycles. The summed E-state index contributed by atoms with van der Waals surface area (Å²) in [7, 11) is 0. The summed E-state index contributed by atoms with van der Waals surface area (Å²) in [5, 5.41) is 0.423. The summed E-state index contributed by atoms with van der Waals surface area (Å²) >= 11 is 5.74. The van der Waals surface area contributed by atoms with E-state index in [1.54, 1.807) is 6.07 Å². The summed E-state index contributed by atoms with van der Waals surface area (Å²) in [6.45, 7) is 0.